The molecule has 1 aliphatic heterocycles. The predicted octanol–water partition coefficient (Wildman–Crippen LogP) is 2.11. The van der Waals surface area contributed by atoms with Crippen LogP contribution in [0.1, 0.15) is 35.7 Å². The van der Waals surface area contributed by atoms with Crippen molar-refractivity contribution in [2.24, 2.45) is 5.73 Å². The summed E-state index contributed by atoms with van der Waals surface area (Å²) in [5, 5.41) is 9.87. The Balaban J connectivity index is 1.91. The van der Waals surface area contributed by atoms with E-state index >= 15 is 0 Å². The number of aromatic amines is 1. The lowest BCUT2D eigenvalue weighted by molar-refractivity contribution is -0.137. The van der Waals surface area contributed by atoms with Gasteiger partial charge in [-0.1, -0.05) is 6.07 Å². The Labute approximate surface area is 116 Å². The van der Waals surface area contributed by atoms with Crippen molar-refractivity contribution in [1.82, 2.24) is 4.98 Å². The molecule has 1 unspecified atom stereocenters. The zero-order valence-corrected chi connectivity index (χ0v) is 11.2. The lowest BCUT2D eigenvalue weighted by Crippen LogP contribution is -2.12. The van der Waals surface area contributed by atoms with Crippen LogP contribution in [0.15, 0.2) is 18.2 Å². The third-order valence-corrected chi connectivity index (χ3v) is 3.86. The number of carboxylic acids is 1. The van der Waals surface area contributed by atoms with Gasteiger partial charge in [-0.05, 0) is 24.1 Å². The molecule has 106 valence electrons. The standard InChI is InChI=1S/C15H18N2O3/c16-12(2-4-15(18)19)9-1-3-13-10(7-9)11-8-20-6-5-14(11)17-13/h1,3,7,12,17H,2,4-6,8,16H2,(H,18,19). The molecule has 3 rings (SSSR count). The number of hydrogen-bond donors (Lipinski definition) is 3. The van der Waals surface area contributed by atoms with Gasteiger partial charge in [-0.25, -0.2) is 0 Å². The Kier molecular flexibility index (Phi) is 3.46. The van der Waals surface area contributed by atoms with Crippen molar-refractivity contribution in [2.75, 3.05) is 6.61 Å². The molecule has 0 fully saturated rings. The molecule has 5 heteroatoms. The van der Waals surface area contributed by atoms with Crippen molar-refractivity contribution in [3.05, 3.63) is 35.0 Å². The maximum atomic E-state index is 10.6. The third kappa shape index (κ3) is 2.42. The van der Waals surface area contributed by atoms with Gasteiger partial charge in [0.15, 0.2) is 0 Å². The molecule has 0 radical (unpaired) electrons. The Morgan fingerprint density at radius 3 is 3.15 bits per heavy atom. The fourth-order valence-corrected chi connectivity index (χ4v) is 2.72. The largest absolute Gasteiger partial charge is 0.481 e. The number of nitrogens with two attached hydrogens (primary N) is 1. The fourth-order valence-electron chi connectivity index (χ4n) is 2.72. The molecule has 1 aliphatic rings. The number of aliphatic carboxylic acids is 1. The van der Waals surface area contributed by atoms with Crippen molar-refractivity contribution in [3.63, 3.8) is 0 Å². The van der Waals surface area contributed by atoms with E-state index in [1.54, 1.807) is 0 Å². The zero-order valence-electron chi connectivity index (χ0n) is 11.2. The molecule has 1 atom stereocenters. The number of nitrogens with one attached hydrogen (secondary N) is 1. The van der Waals surface area contributed by atoms with E-state index in [1.165, 1.54) is 11.3 Å². The molecule has 4 N–H and O–H groups in total. The van der Waals surface area contributed by atoms with Gasteiger partial charge < -0.3 is 20.6 Å². The van der Waals surface area contributed by atoms with Gasteiger partial charge in [-0.3, -0.25) is 4.79 Å². The summed E-state index contributed by atoms with van der Waals surface area (Å²) in [4.78, 5) is 14.0. The summed E-state index contributed by atoms with van der Waals surface area (Å²) < 4.78 is 5.51. The lowest BCUT2D eigenvalue weighted by Gasteiger charge is -2.13. The second-order valence-corrected chi connectivity index (χ2v) is 5.23. The molecule has 5 nitrogen and oxygen atoms in total. The summed E-state index contributed by atoms with van der Waals surface area (Å²) in [5.74, 6) is -0.811. The van der Waals surface area contributed by atoms with E-state index in [9.17, 15) is 4.79 Å². The Bertz CT molecular complexity index is 648. The fraction of sp³-hybridized carbons (Fsp3) is 0.400. The van der Waals surface area contributed by atoms with E-state index in [-0.39, 0.29) is 12.5 Å². The van der Waals surface area contributed by atoms with E-state index in [2.05, 4.69) is 11.1 Å². The summed E-state index contributed by atoms with van der Waals surface area (Å²) in [6.07, 6.45) is 1.45. The van der Waals surface area contributed by atoms with E-state index in [0.717, 1.165) is 29.5 Å². The number of hydrogen-bond acceptors (Lipinski definition) is 3. The molecule has 0 spiro atoms. The van der Waals surface area contributed by atoms with Gasteiger partial charge in [-0.15, -0.1) is 0 Å². The predicted molar refractivity (Wildman–Crippen MR) is 75.5 cm³/mol. The number of ether oxygens (including phenoxy) is 1. The quantitative estimate of drug-likeness (QED) is 0.796. The Morgan fingerprint density at radius 2 is 2.35 bits per heavy atom. The number of fused-ring (bicyclic) bond motifs is 3. The maximum absolute atomic E-state index is 10.6. The van der Waals surface area contributed by atoms with Crippen molar-refractivity contribution in [2.45, 2.75) is 31.9 Å². The molecule has 1 aromatic heterocycles. The zero-order chi connectivity index (χ0) is 14.1. The first kappa shape index (κ1) is 13.1. The molecule has 0 aliphatic carbocycles. The smallest absolute Gasteiger partial charge is 0.303 e. The van der Waals surface area contributed by atoms with Crippen molar-refractivity contribution in [3.8, 4) is 0 Å². The minimum Gasteiger partial charge on any atom is -0.481 e. The number of rotatable bonds is 4. The molecular formula is C15H18N2O3. The van der Waals surface area contributed by atoms with Crippen molar-refractivity contribution in [1.29, 1.82) is 0 Å². The van der Waals surface area contributed by atoms with Crippen LogP contribution >= 0.6 is 0 Å². The van der Waals surface area contributed by atoms with E-state index in [4.69, 9.17) is 15.6 Å². The summed E-state index contributed by atoms with van der Waals surface area (Å²) in [6, 6.07) is 5.80. The second-order valence-electron chi connectivity index (χ2n) is 5.23. The minimum absolute atomic E-state index is 0.0908. The highest BCUT2D eigenvalue weighted by Gasteiger charge is 2.17. The first-order chi connectivity index (χ1) is 9.65. The molecule has 0 saturated carbocycles. The second kappa shape index (κ2) is 5.26. The van der Waals surface area contributed by atoms with Crippen LogP contribution in [-0.4, -0.2) is 22.7 Å². The lowest BCUT2D eigenvalue weighted by atomic mass is 9.99. The van der Waals surface area contributed by atoms with Crippen LogP contribution in [0.5, 0.6) is 0 Å². The first-order valence-corrected chi connectivity index (χ1v) is 6.83. The van der Waals surface area contributed by atoms with Crippen LogP contribution in [0.25, 0.3) is 10.9 Å². The van der Waals surface area contributed by atoms with Gasteiger partial charge in [-0.2, -0.15) is 0 Å². The molecular weight excluding hydrogens is 256 g/mol. The van der Waals surface area contributed by atoms with Crippen molar-refractivity contribution >= 4 is 16.9 Å². The molecule has 0 saturated heterocycles. The van der Waals surface area contributed by atoms with Gasteiger partial charge in [0.1, 0.15) is 0 Å². The van der Waals surface area contributed by atoms with Gasteiger partial charge in [0.2, 0.25) is 0 Å². The molecule has 1 aromatic carbocycles. The highest BCUT2D eigenvalue weighted by atomic mass is 16.5. The average Bonchev–Trinajstić information content (AvgIpc) is 2.82. The Hall–Kier alpha value is -1.85. The number of H-pyrrole nitrogens is 1. The first-order valence-electron chi connectivity index (χ1n) is 6.83. The molecule has 2 heterocycles. The maximum Gasteiger partial charge on any atom is 0.303 e. The highest BCUT2D eigenvalue weighted by molar-refractivity contribution is 5.85. The van der Waals surface area contributed by atoms with E-state index < -0.39 is 5.97 Å². The summed E-state index contributed by atoms with van der Waals surface area (Å²) >= 11 is 0. The normalized spacial score (nSPS) is 16.1. The summed E-state index contributed by atoms with van der Waals surface area (Å²) in [7, 11) is 0. The average molecular weight is 274 g/mol. The van der Waals surface area contributed by atoms with Gasteiger partial charge in [0.05, 0.1) is 13.2 Å². The monoisotopic (exact) mass is 274 g/mol. The van der Waals surface area contributed by atoms with Crippen LogP contribution in [0.2, 0.25) is 0 Å². The number of carboxylic acid groups (broad SMARTS) is 1. The van der Waals surface area contributed by atoms with Gasteiger partial charge in [0, 0.05) is 41.0 Å². The molecule has 2 aromatic rings. The molecule has 20 heavy (non-hydrogen) atoms. The van der Waals surface area contributed by atoms with Crippen molar-refractivity contribution < 1.29 is 14.6 Å². The molecule has 0 bridgehead atoms. The number of benzene rings is 1. The minimum atomic E-state index is -0.811. The third-order valence-electron chi connectivity index (χ3n) is 3.86. The topological polar surface area (TPSA) is 88.3 Å². The SMILES string of the molecule is NC(CCC(=O)O)c1ccc2[nH]c3c(c2c1)COCC3. The van der Waals surface area contributed by atoms with E-state index in [0.29, 0.717) is 13.0 Å². The van der Waals surface area contributed by atoms with Crippen LogP contribution in [0.4, 0.5) is 0 Å². The summed E-state index contributed by atoms with van der Waals surface area (Å²) in [6.45, 7) is 1.38. The number of aromatic nitrogens is 1. The number of carbonyl (C=O) groups is 1. The van der Waals surface area contributed by atoms with Gasteiger partial charge >= 0.3 is 5.97 Å². The highest BCUT2D eigenvalue weighted by Crippen LogP contribution is 2.29. The van der Waals surface area contributed by atoms with Crippen LogP contribution in [0, 0.1) is 0 Å². The molecule has 0 amide bonds. The summed E-state index contributed by atoms with van der Waals surface area (Å²) in [5.41, 5.74) is 10.6. The van der Waals surface area contributed by atoms with Gasteiger partial charge in [0.25, 0.3) is 0 Å². The van der Waals surface area contributed by atoms with Crippen LogP contribution in [-0.2, 0) is 22.6 Å². The van der Waals surface area contributed by atoms with Crippen LogP contribution < -0.4 is 5.73 Å². The van der Waals surface area contributed by atoms with E-state index in [1.807, 2.05) is 12.1 Å². The van der Waals surface area contributed by atoms with Crippen LogP contribution in [0.3, 0.4) is 0 Å². The Morgan fingerprint density at radius 1 is 1.50 bits per heavy atom.